The van der Waals surface area contributed by atoms with Crippen molar-refractivity contribution in [1.29, 1.82) is 0 Å². The first kappa shape index (κ1) is 22.9. The summed E-state index contributed by atoms with van der Waals surface area (Å²) in [6.45, 7) is 4.31. The highest BCUT2D eigenvalue weighted by atomic mass is 35.5. The van der Waals surface area contributed by atoms with E-state index in [9.17, 15) is 14.0 Å². The summed E-state index contributed by atoms with van der Waals surface area (Å²) in [7, 11) is 0. The molecule has 0 unspecified atom stereocenters. The fourth-order valence-electron chi connectivity index (χ4n) is 3.84. The Bertz CT molecular complexity index is 1120. The second-order valence-corrected chi connectivity index (χ2v) is 8.30. The molecule has 9 heteroatoms. The van der Waals surface area contributed by atoms with Gasteiger partial charge in [0.05, 0.1) is 17.1 Å². The summed E-state index contributed by atoms with van der Waals surface area (Å²) in [4.78, 5) is 29.2. The normalized spacial score (nSPS) is 14.3. The van der Waals surface area contributed by atoms with E-state index in [1.165, 1.54) is 12.1 Å². The van der Waals surface area contributed by atoms with Crippen LogP contribution in [0.15, 0.2) is 53.1 Å². The van der Waals surface area contributed by atoms with Crippen molar-refractivity contribution in [3.8, 4) is 11.3 Å². The molecule has 0 spiro atoms. The SMILES string of the molecule is Cc1onc(-c2c(F)cccc2Cl)c1C(=O)N1CCN(CC(=O)NCc2ccccc2)CC1. The zero-order valence-electron chi connectivity index (χ0n) is 18.2. The molecule has 2 heterocycles. The Morgan fingerprint density at radius 2 is 1.82 bits per heavy atom. The van der Waals surface area contributed by atoms with Gasteiger partial charge < -0.3 is 14.7 Å². The lowest BCUT2D eigenvalue weighted by Crippen LogP contribution is -2.51. The molecule has 172 valence electrons. The molecule has 0 saturated carbocycles. The number of aryl methyl sites for hydroxylation is 1. The van der Waals surface area contributed by atoms with Gasteiger partial charge in [-0.15, -0.1) is 0 Å². The van der Waals surface area contributed by atoms with Crippen LogP contribution in [0.5, 0.6) is 0 Å². The van der Waals surface area contributed by atoms with Crippen LogP contribution in [0.1, 0.15) is 21.7 Å². The second kappa shape index (κ2) is 10.1. The third-order valence-corrected chi connectivity index (χ3v) is 5.95. The van der Waals surface area contributed by atoms with Crippen LogP contribution in [0.2, 0.25) is 5.02 Å². The molecule has 2 aromatic carbocycles. The predicted octanol–water partition coefficient (Wildman–Crippen LogP) is 3.52. The number of piperazine rings is 1. The molecule has 3 aromatic rings. The van der Waals surface area contributed by atoms with E-state index in [0.717, 1.165) is 5.56 Å². The van der Waals surface area contributed by atoms with Crippen LogP contribution < -0.4 is 5.32 Å². The molecule has 33 heavy (non-hydrogen) atoms. The summed E-state index contributed by atoms with van der Waals surface area (Å²) in [5, 5.41) is 6.99. The minimum Gasteiger partial charge on any atom is -0.360 e. The molecule has 1 saturated heterocycles. The van der Waals surface area contributed by atoms with E-state index in [4.69, 9.17) is 16.1 Å². The van der Waals surface area contributed by atoms with E-state index in [-0.39, 0.29) is 40.2 Å². The van der Waals surface area contributed by atoms with E-state index in [0.29, 0.717) is 38.5 Å². The van der Waals surface area contributed by atoms with Crippen molar-refractivity contribution in [2.24, 2.45) is 0 Å². The summed E-state index contributed by atoms with van der Waals surface area (Å²) < 4.78 is 19.7. The first-order valence-corrected chi connectivity index (χ1v) is 11.0. The highest BCUT2D eigenvalue weighted by Gasteiger charge is 2.30. The number of nitrogens with zero attached hydrogens (tertiary/aromatic N) is 3. The van der Waals surface area contributed by atoms with Gasteiger partial charge in [0.1, 0.15) is 22.8 Å². The highest BCUT2D eigenvalue weighted by Crippen LogP contribution is 2.34. The van der Waals surface area contributed by atoms with Gasteiger partial charge in [-0.05, 0) is 24.6 Å². The van der Waals surface area contributed by atoms with Crippen molar-refractivity contribution in [3.63, 3.8) is 0 Å². The van der Waals surface area contributed by atoms with Gasteiger partial charge in [0.2, 0.25) is 5.91 Å². The molecule has 1 aromatic heterocycles. The number of amides is 2. The van der Waals surface area contributed by atoms with Crippen molar-refractivity contribution in [2.45, 2.75) is 13.5 Å². The summed E-state index contributed by atoms with van der Waals surface area (Å²) in [6, 6.07) is 14.0. The molecule has 1 aliphatic rings. The number of nitrogens with one attached hydrogen (secondary N) is 1. The molecular weight excluding hydrogens is 447 g/mol. The van der Waals surface area contributed by atoms with Crippen molar-refractivity contribution < 1.29 is 18.5 Å². The third kappa shape index (κ3) is 5.23. The Labute approximate surface area is 196 Å². The van der Waals surface area contributed by atoms with Gasteiger partial charge >= 0.3 is 0 Å². The van der Waals surface area contributed by atoms with Gasteiger partial charge in [-0.3, -0.25) is 14.5 Å². The number of aromatic nitrogens is 1. The molecule has 1 aliphatic heterocycles. The number of benzene rings is 2. The maximum absolute atomic E-state index is 14.4. The monoisotopic (exact) mass is 470 g/mol. The highest BCUT2D eigenvalue weighted by molar-refractivity contribution is 6.33. The Morgan fingerprint density at radius 1 is 1.09 bits per heavy atom. The summed E-state index contributed by atoms with van der Waals surface area (Å²) in [6.07, 6.45) is 0. The number of halogens is 2. The topological polar surface area (TPSA) is 78.7 Å². The summed E-state index contributed by atoms with van der Waals surface area (Å²) in [5.41, 5.74) is 1.39. The fraction of sp³-hybridized carbons (Fsp3) is 0.292. The van der Waals surface area contributed by atoms with E-state index >= 15 is 0 Å². The Balaban J connectivity index is 1.36. The predicted molar refractivity (Wildman–Crippen MR) is 122 cm³/mol. The van der Waals surface area contributed by atoms with E-state index < -0.39 is 5.82 Å². The zero-order chi connectivity index (χ0) is 23.4. The van der Waals surface area contributed by atoms with Gasteiger partial charge in [0.15, 0.2) is 0 Å². The largest absolute Gasteiger partial charge is 0.360 e. The lowest BCUT2D eigenvalue weighted by Gasteiger charge is -2.34. The first-order chi connectivity index (χ1) is 15.9. The molecule has 0 radical (unpaired) electrons. The minimum atomic E-state index is -0.573. The second-order valence-electron chi connectivity index (χ2n) is 7.89. The maximum atomic E-state index is 14.4. The van der Waals surface area contributed by atoms with Crippen molar-refractivity contribution in [1.82, 2.24) is 20.3 Å². The average molecular weight is 471 g/mol. The lowest BCUT2D eigenvalue weighted by atomic mass is 10.0. The smallest absolute Gasteiger partial charge is 0.259 e. The fourth-order valence-corrected chi connectivity index (χ4v) is 4.09. The summed E-state index contributed by atoms with van der Waals surface area (Å²) in [5.74, 6) is -0.630. The maximum Gasteiger partial charge on any atom is 0.259 e. The molecule has 0 bridgehead atoms. The number of hydrogen-bond donors (Lipinski definition) is 1. The van der Waals surface area contributed by atoms with Crippen molar-refractivity contribution >= 4 is 23.4 Å². The van der Waals surface area contributed by atoms with Crippen LogP contribution in [0.3, 0.4) is 0 Å². The Morgan fingerprint density at radius 3 is 2.52 bits per heavy atom. The standard InChI is InChI=1S/C24H24ClFN4O3/c1-16-21(23(28-33-16)22-18(25)8-5-9-19(22)26)24(32)30-12-10-29(11-13-30)15-20(31)27-14-17-6-3-2-4-7-17/h2-9H,10-15H2,1H3,(H,27,31). The first-order valence-electron chi connectivity index (χ1n) is 10.7. The van der Waals surface area contributed by atoms with Crippen LogP contribution in [-0.2, 0) is 11.3 Å². The number of hydrogen-bond acceptors (Lipinski definition) is 5. The van der Waals surface area contributed by atoms with Crippen LogP contribution in [0.25, 0.3) is 11.3 Å². The van der Waals surface area contributed by atoms with E-state index in [2.05, 4.69) is 10.5 Å². The molecule has 4 rings (SSSR count). The average Bonchev–Trinajstić information content (AvgIpc) is 3.19. The van der Waals surface area contributed by atoms with Gasteiger partial charge in [-0.2, -0.15) is 0 Å². The molecule has 1 N–H and O–H groups in total. The van der Waals surface area contributed by atoms with Gasteiger partial charge in [0, 0.05) is 32.7 Å². The van der Waals surface area contributed by atoms with Crippen molar-refractivity contribution in [2.75, 3.05) is 32.7 Å². The van der Waals surface area contributed by atoms with Crippen LogP contribution in [-0.4, -0.2) is 59.5 Å². The number of carbonyl (C=O) groups is 2. The Hall–Kier alpha value is -3.23. The zero-order valence-corrected chi connectivity index (χ0v) is 18.9. The molecule has 0 aliphatic carbocycles. The lowest BCUT2D eigenvalue weighted by molar-refractivity contribution is -0.122. The minimum absolute atomic E-state index is 0.0492. The molecular formula is C24H24ClFN4O3. The summed E-state index contributed by atoms with van der Waals surface area (Å²) >= 11 is 6.18. The quantitative estimate of drug-likeness (QED) is 0.596. The van der Waals surface area contributed by atoms with Gasteiger partial charge in [0.25, 0.3) is 5.91 Å². The Kier molecular flexibility index (Phi) is 7.05. The molecule has 1 fully saturated rings. The van der Waals surface area contributed by atoms with Gasteiger partial charge in [-0.1, -0.05) is 53.2 Å². The van der Waals surface area contributed by atoms with Crippen LogP contribution in [0.4, 0.5) is 4.39 Å². The number of carbonyl (C=O) groups excluding carboxylic acids is 2. The molecule has 0 atom stereocenters. The van der Waals surface area contributed by atoms with Crippen LogP contribution >= 0.6 is 11.6 Å². The van der Waals surface area contributed by atoms with Crippen molar-refractivity contribution in [3.05, 3.63) is 76.3 Å². The van der Waals surface area contributed by atoms with Gasteiger partial charge in [-0.25, -0.2) is 4.39 Å². The number of rotatable bonds is 6. The van der Waals surface area contributed by atoms with E-state index in [1.54, 1.807) is 17.9 Å². The molecule has 2 amide bonds. The van der Waals surface area contributed by atoms with Crippen LogP contribution in [0, 0.1) is 12.7 Å². The van der Waals surface area contributed by atoms with E-state index in [1.807, 2.05) is 35.2 Å². The third-order valence-electron chi connectivity index (χ3n) is 5.64. The molecule has 7 nitrogen and oxygen atoms in total.